The van der Waals surface area contributed by atoms with E-state index in [0.29, 0.717) is 0 Å². The Morgan fingerprint density at radius 2 is 1.10 bits per heavy atom. The van der Waals surface area contributed by atoms with Crippen molar-refractivity contribution in [2.45, 2.75) is 19.8 Å². The van der Waals surface area contributed by atoms with Gasteiger partial charge in [0.25, 0.3) is 0 Å². The van der Waals surface area contributed by atoms with E-state index in [2.05, 4.69) is 67.6 Å². The fourth-order valence-electron chi connectivity index (χ4n) is 3.40. The van der Waals surface area contributed by atoms with Gasteiger partial charge in [-0.3, -0.25) is 0 Å². The topological polar surface area (TPSA) is 26.0 Å². The van der Waals surface area contributed by atoms with Gasteiger partial charge in [-0.1, -0.05) is 108 Å². The molecule has 0 aromatic heterocycles. The zero-order valence-electron chi connectivity index (χ0n) is 16.8. The second-order valence-electron chi connectivity index (χ2n) is 7.13. The molecule has 0 aliphatic heterocycles. The Morgan fingerprint density at radius 1 is 0.655 bits per heavy atom. The van der Waals surface area contributed by atoms with Crippen LogP contribution in [-0.2, 0) is 0 Å². The molecular formula is C27H26ClN. The highest BCUT2D eigenvalue weighted by Crippen LogP contribution is 2.37. The highest BCUT2D eigenvalue weighted by atomic mass is 35.5. The Hall–Kier alpha value is -3.03. The second kappa shape index (κ2) is 9.95. The van der Waals surface area contributed by atoms with Gasteiger partial charge >= 0.3 is 0 Å². The lowest BCUT2D eigenvalue weighted by Crippen LogP contribution is -2.07. The molecule has 4 aromatic carbocycles. The van der Waals surface area contributed by atoms with E-state index in [4.69, 9.17) is 17.3 Å². The molecule has 4 aromatic rings. The van der Waals surface area contributed by atoms with Gasteiger partial charge < -0.3 is 5.73 Å². The van der Waals surface area contributed by atoms with Crippen LogP contribution in [0.2, 0.25) is 5.02 Å². The standard InChI is InChI=1S/C20H18ClN.C7H8/c1-14-12-17(21)13-18(20(14)22)19(15-8-4-2-5-9-15)16-10-6-3-7-11-16;1-7-5-3-2-4-6-7/h2-13,19H,22H2,1H3;2-6H,1H3. The Labute approximate surface area is 178 Å². The number of hydrogen-bond acceptors (Lipinski definition) is 1. The van der Waals surface area contributed by atoms with Gasteiger partial charge in [0.1, 0.15) is 0 Å². The van der Waals surface area contributed by atoms with E-state index in [1.807, 2.05) is 49.4 Å². The number of nitrogens with two attached hydrogens (primary N) is 1. The van der Waals surface area contributed by atoms with Crippen molar-refractivity contribution in [3.63, 3.8) is 0 Å². The maximum Gasteiger partial charge on any atom is 0.0413 e. The molecule has 0 atom stereocenters. The van der Waals surface area contributed by atoms with E-state index < -0.39 is 0 Å². The van der Waals surface area contributed by atoms with E-state index in [0.717, 1.165) is 21.8 Å². The predicted molar refractivity (Wildman–Crippen MR) is 126 cm³/mol. The minimum Gasteiger partial charge on any atom is -0.398 e. The van der Waals surface area contributed by atoms with E-state index in [-0.39, 0.29) is 5.92 Å². The summed E-state index contributed by atoms with van der Waals surface area (Å²) >= 11 is 6.29. The summed E-state index contributed by atoms with van der Waals surface area (Å²) in [5.74, 6) is 0.0831. The number of hydrogen-bond donors (Lipinski definition) is 1. The normalized spacial score (nSPS) is 10.3. The summed E-state index contributed by atoms with van der Waals surface area (Å²) in [7, 11) is 0. The average Bonchev–Trinajstić information content (AvgIpc) is 2.74. The van der Waals surface area contributed by atoms with Gasteiger partial charge in [0.15, 0.2) is 0 Å². The summed E-state index contributed by atoms with van der Waals surface area (Å²) in [5.41, 5.74) is 13.0. The van der Waals surface area contributed by atoms with Gasteiger partial charge in [0, 0.05) is 16.6 Å². The van der Waals surface area contributed by atoms with Crippen molar-refractivity contribution in [1.29, 1.82) is 0 Å². The molecule has 0 heterocycles. The fourth-order valence-corrected chi connectivity index (χ4v) is 3.68. The van der Waals surface area contributed by atoms with E-state index in [9.17, 15) is 0 Å². The van der Waals surface area contributed by atoms with Crippen LogP contribution in [0, 0.1) is 13.8 Å². The minimum absolute atomic E-state index is 0.0831. The number of nitrogen functional groups attached to an aromatic ring is 1. The second-order valence-corrected chi connectivity index (χ2v) is 7.57. The number of benzene rings is 4. The minimum atomic E-state index is 0.0831. The molecule has 0 spiro atoms. The largest absolute Gasteiger partial charge is 0.398 e. The average molecular weight is 400 g/mol. The maximum absolute atomic E-state index is 6.37. The summed E-state index contributed by atoms with van der Waals surface area (Å²) < 4.78 is 0. The summed E-state index contributed by atoms with van der Waals surface area (Å²) in [6, 6.07) is 35.0. The SMILES string of the molecule is Cc1cc(Cl)cc(C(c2ccccc2)c2ccccc2)c1N.Cc1ccccc1. The maximum atomic E-state index is 6.37. The third kappa shape index (κ3) is 5.49. The molecule has 0 aliphatic rings. The fraction of sp³-hybridized carbons (Fsp3) is 0.111. The number of aryl methyl sites for hydroxylation is 2. The van der Waals surface area contributed by atoms with Gasteiger partial charge in [-0.2, -0.15) is 0 Å². The van der Waals surface area contributed by atoms with Gasteiger partial charge in [-0.25, -0.2) is 0 Å². The van der Waals surface area contributed by atoms with Crippen molar-refractivity contribution in [2.75, 3.05) is 5.73 Å². The molecule has 2 heteroatoms. The Kier molecular flexibility index (Phi) is 7.10. The molecule has 0 unspecified atom stereocenters. The van der Waals surface area contributed by atoms with Crippen LogP contribution in [0.4, 0.5) is 5.69 Å². The summed E-state index contributed by atoms with van der Waals surface area (Å²) in [4.78, 5) is 0. The monoisotopic (exact) mass is 399 g/mol. The van der Waals surface area contributed by atoms with E-state index in [1.165, 1.54) is 16.7 Å². The lowest BCUT2D eigenvalue weighted by Gasteiger charge is -2.22. The third-order valence-corrected chi connectivity index (χ3v) is 5.12. The molecule has 0 saturated carbocycles. The predicted octanol–water partition coefficient (Wildman–Crippen LogP) is 7.41. The number of anilines is 1. The van der Waals surface area contributed by atoms with E-state index >= 15 is 0 Å². The Bertz CT molecular complexity index is 989. The number of rotatable bonds is 3. The molecule has 0 aliphatic carbocycles. The van der Waals surface area contributed by atoms with Crippen molar-refractivity contribution in [1.82, 2.24) is 0 Å². The molecule has 4 rings (SSSR count). The van der Waals surface area contributed by atoms with Crippen molar-refractivity contribution >= 4 is 17.3 Å². The first-order valence-corrected chi connectivity index (χ1v) is 10.1. The summed E-state index contributed by atoms with van der Waals surface area (Å²) in [6.07, 6.45) is 0. The van der Waals surface area contributed by atoms with Crippen molar-refractivity contribution < 1.29 is 0 Å². The Morgan fingerprint density at radius 3 is 1.52 bits per heavy atom. The molecule has 146 valence electrons. The molecule has 0 fully saturated rings. The van der Waals surface area contributed by atoms with Gasteiger partial charge in [0.05, 0.1) is 0 Å². The molecule has 0 saturated heterocycles. The lowest BCUT2D eigenvalue weighted by atomic mass is 9.83. The quantitative estimate of drug-likeness (QED) is 0.281. The van der Waals surface area contributed by atoms with Crippen molar-refractivity contribution in [3.8, 4) is 0 Å². The zero-order valence-corrected chi connectivity index (χ0v) is 17.6. The van der Waals surface area contributed by atoms with Crippen molar-refractivity contribution in [3.05, 3.63) is 136 Å². The van der Waals surface area contributed by atoms with Crippen LogP contribution in [0.1, 0.15) is 33.7 Å². The Balaban J connectivity index is 0.000000290. The lowest BCUT2D eigenvalue weighted by molar-refractivity contribution is 0.978. The smallest absolute Gasteiger partial charge is 0.0413 e. The molecule has 1 nitrogen and oxygen atoms in total. The highest BCUT2D eigenvalue weighted by Gasteiger charge is 2.20. The van der Waals surface area contributed by atoms with Crippen LogP contribution in [0.25, 0.3) is 0 Å². The van der Waals surface area contributed by atoms with Crippen LogP contribution in [0.15, 0.2) is 103 Å². The van der Waals surface area contributed by atoms with Crippen molar-refractivity contribution in [2.24, 2.45) is 0 Å². The molecule has 2 N–H and O–H groups in total. The third-order valence-electron chi connectivity index (χ3n) is 4.90. The van der Waals surface area contributed by atoms with Gasteiger partial charge in [-0.15, -0.1) is 0 Å². The highest BCUT2D eigenvalue weighted by molar-refractivity contribution is 6.30. The summed E-state index contributed by atoms with van der Waals surface area (Å²) in [6.45, 7) is 4.08. The molecule has 0 bridgehead atoms. The van der Waals surface area contributed by atoms with Crippen LogP contribution < -0.4 is 5.73 Å². The molecule has 0 amide bonds. The zero-order chi connectivity index (χ0) is 20.6. The van der Waals surface area contributed by atoms with Crippen LogP contribution >= 0.6 is 11.6 Å². The van der Waals surface area contributed by atoms with Gasteiger partial charge in [0.2, 0.25) is 0 Å². The first-order chi connectivity index (χ1) is 14.1. The van der Waals surface area contributed by atoms with Crippen LogP contribution in [0.3, 0.4) is 0 Å². The molecular weight excluding hydrogens is 374 g/mol. The number of halogens is 1. The first kappa shape index (κ1) is 20.7. The molecule has 0 radical (unpaired) electrons. The van der Waals surface area contributed by atoms with Gasteiger partial charge in [-0.05, 0) is 48.2 Å². The van der Waals surface area contributed by atoms with Crippen LogP contribution in [0.5, 0.6) is 0 Å². The van der Waals surface area contributed by atoms with Crippen LogP contribution in [-0.4, -0.2) is 0 Å². The molecule has 29 heavy (non-hydrogen) atoms. The first-order valence-electron chi connectivity index (χ1n) is 9.73. The summed E-state index contributed by atoms with van der Waals surface area (Å²) in [5, 5.41) is 0.721. The van der Waals surface area contributed by atoms with E-state index in [1.54, 1.807) is 0 Å².